The van der Waals surface area contributed by atoms with Crippen LogP contribution in [0.2, 0.25) is 0 Å². The Bertz CT molecular complexity index is 801. The Morgan fingerprint density at radius 3 is 2.70 bits per heavy atom. The van der Waals surface area contributed by atoms with Crippen molar-refractivity contribution in [2.24, 2.45) is 0 Å². The number of aryl methyl sites for hydroxylation is 2. The topological polar surface area (TPSA) is 54.5 Å². The molecule has 4 rings (SSSR count). The summed E-state index contributed by atoms with van der Waals surface area (Å²) in [6.45, 7) is 2.39. The minimum absolute atomic E-state index is 0.0347. The highest BCUT2D eigenvalue weighted by atomic mass is 16.5. The maximum atomic E-state index is 13.1. The molecule has 0 radical (unpaired) electrons. The van der Waals surface area contributed by atoms with Gasteiger partial charge in [0.15, 0.2) is 0 Å². The number of nitrogens with one attached hydrogen (secondary N) is 1. The fourth-order valence-electron chi connectivity index (χ4n) is 4.33. The van der Waals surface area contributed by atoms with Gasteiger partial charge in [-0.15, -0.1) is 0 Å². The monoisotopic (exact) mass is 365 g/mol. The van der Waals surface area contributed by atoms with Crippen molar-refractivity contribution in [3.8, 4) is 5.75 Å². The first-order chi connectivity index (χ1) is 13.3. The third kappa shape index (κ3) is 3.83. The van der Waals surface area contributed by atoms with Crippen LogP contribution >= 0.6 is 0 Å². The number of hydrogen-bond acceptors (Lipinski definition) is 4. The number of nitrogens with zero attached hydrogens (tertiary/aromatic N) is 2. The molecule has 0 bridgehead atoms. The van der Waals surface area contributed by atoms with Gasteiger partial charge in [-0.25, -0.2) is 0 Å². The Kier molecular flexibility index (Phi) is 5.39. The summed E-state index contributed by atoms with van der Waals surface area (Å²) in [5.74, 6) is 0.905. The number of ether oxygens (including phenoxy) is 1. The Labute approximate surface area is 160 Å². The lowest BCUT2D eigenvalue weighted by Gasteiger charge is -2.26. The zero-order valence-electron chi connectivity index (χ0n) is 15.9. The summed E-state index contributed by atoms with van der Waals surface area (Å²) in [6, 6.07) is 7.96. The van der Waals surface area contributed by atoms with E-state index in [1.165, 1.54) is 17.5 Å². The number of fused-ring (bicyclic) bond motifs is 1. The van der Waals surface area contributed by atoms with Crippen LogP contribution in [0.3, 0.4) is 0 Å². The lowest BCUT2D eigenvalue weighted by Crippen LogP contribution is -2.39. The van der Waals surface area contributed by atoms with Gasteiger partial charge in [-0.1, -0.05) is 12.1 Å². The fourth-order valence-corrected chi connectivity index (χ4v) is 4.33. The molecule has 1 atom stereocenters. The quantitative estimate of drug-likeness (QED) is 0.855. The Hall–Kier alpha value is -2.40. The number of amides is 1. The molecule has 1 aliphatic carbocycles. The molecule has 142 valence electrons. The zero-order valence-corrected chi connectivity index (χ0v) is 15.9. The Balaban J connectivity index is 1.52. The largest absolute Gasteiger partial charge is 0.496 e. The molecule has 0 unspecified atom stereocenters. The minimum Gasteiger partial charge on any atom is -0.496 e. The molecule has 1 amide bonds. The van der Waals surface area contributed by atoms with E-state index in [4.69, 9.17) is 4.74 Å². The predicted molar refractivity (Wildman–Crippen MR) is 105 cm³/mol. The van der Waals surface area contributed by atoms with Gasteiger partial charge in [-0.05, 0) is 74.0 Å². The molecule has 5 nitrogen and oxygen atoms in total. The van der Waals surface area contributed by atoms with Gasteiger partial charge >= 0.3 is 0 Å². The standard InChI is InChI=1S/C22H27N3O2/c1-27-20-13-17-7-4-6-16(17)12-19(20)15-24-22(26)21(25-10-2-3-11-25)18-8-5-9-23-14-18/h5,8-9,12-14,21H,2-4,6-7,10-11,15H2,1H3,(H,24,26)/t21-/m0/s1. The SMILES string of the molecule is COc1cc2c(cc1CNC(=O)[C@H](c1cccnc1)N1CCCC1)CCC2. The van der Waals surface area contributed by atoms with Gasteiger partial charge < -0.3 is 10.1 Å². The second-order valence-corrected chi connectivity index (χ2v) is 7.44. The molecule has 1 aliphatic heterocycles. The molecule has 27 heavy (non-hydrogen) atoms. The normalized spacial score (nSPS) is 17.5. The van der Waals surface area contributed by atoms with E-state index < -0.39 is 0 Å². The van der Waals surface area contributed by atoms with Crippen molar-refractivity contribution >= 4 is 5.91 Å². The van der Waals surface area contributed by atoms with Crippen molar-refractivity contribution in [2.45, 2.75) is 44.7 Å². The molecule has 1 saturated heterocycles. The summed E-state index contributed by atoms with van der Waals surface area (Å²) in [7, 11) is 1.70. The van der Waals surface area contributed by atoms with Crippen LogP contribution in [-0.2, 0) is 24.2 Å². The smallest absolute Gasteiger partial charge is 0.242 e. The van der Waals surface area contributed by atoms with E-state index in [0.29, 0.717) is 6.54 Å². The van der Waals surface area contributed by atoms with E-state index in [9.17, 15) is 4.79 Å². The highest BCUT2D eigenvalue weighted by molar-refractivity contribution is 5.83. The van der Waals surface area contributed by atoms with E-state index in [1.54, 1.807) is 19.5 Å². The van der Waals surface area contributed by atoms with E-state index >= 15 is 0 Å². The number of carbonyl (C=O) groups is 1. The van der Waals surface area contributed by atoms with E-state index in [1.807, 2.05) is 12.1 Å². The average Bonchev–Trinajstić information content (AvgIpc) is 3.38. The van der Waals surface area contributed by atoms with Gasteiger partial charge in [-0.3, -0.25) is 14.7 Å². The van der Waals surface area contributed by atoms with Gasteiger partial charge in [0.1, 0.15) is 11.8 Å². The number of likely N-dealkylation sites (tertiary alicyclic amines) is 1. The maximum Gasteiger partial charge on any atom is 0.242 e. The first kappa shape index (κ1) is 18.0. The molecule has 1 aromatic heterocycles. The van der Waals surface area contributed by atoms with Crippen LogP contribution < -0.4 is 10.1 Å². The van der Waals surface area contributed by atoms with Crippen LogP contribution in [0, 0.1) is 0 Å². The number of carbonyl (C=O) groups excluding carboxylic acids is 1. The van der Waals surface area contributed by atoms with Crippen LogP contribution in [0.5, 0.6) is 5.75 Å². The third-order valence-electron chi connectivity index (χ3n) is 5.70. The molecular weight excluding hydrogens is 338 g/mol. The van der Waals surface area contributed by atoms with Gasteiger partial charge in [0.2, 0.25) is 5.91 Å². The lowest BCUT2D eigenvalue weighted by molar-refractivity contribution is -0.126. The molecule has 1 N–H and O–H groups in total. The Morgan fingerprint density at radius 1 is 1.22 bits per heavy atom. The van der Waals surface area contributed by atoms with Gasteiger partial charge in [-0.2, -0.15) is 0 Å². The van der Waals surface area contributed by atoms with Crippen LogP contribution in [-0.4, -0.2) is 36.0 Å². The van der Waals surface area contributed by atoms with Gasteiger partial charge in [0, 0.05) is 24.5 Å². The van der Waals surface area contributed by atoms with Gasteiger partial charge in [0.05, 0.1) is 7.11 Å². The van der Waals surface area contributed by atoms with Crippen molar-refractivity contribution in [1.29, 1.82) is 0 Å². The van der Waals surface area contributed by atoms with Crippen LogP contribution in [0.1, 0.15) is 47.6 Å². The summed E-state index contributed by atoms with van der Waals surface area (Å²) in [5.41, 5.74) is 4.78. The molecule has 2 aliphatic rings. The van der Waals surface area contributed by atoms with Crippen molar-refractivity contribution in [1.82, 2.24) is 15.2 Å². The number of hydrogen-bond donors (Lipinski definition) is 1. The third-order valence-corrected chi connectivity index (χ3v) is 5.70. The van der Waals surface area contributed by atoms with Crippen LogP contribution in [0.25, 0.3) is 0 Å². The molecular formula is C22H27N3O2. The van der Waals surface area contributed by atoms with E-state index in [2.05, 4.69) is 27.3 Å². The second kappa shape index (κ2) is 8.09. The van der Waals surface area contributed by atoms with Gasteiger partial charge in [0.25, 0.3) is 0 Å². The summed E-state index contributed by atoms with van der Waals surface area (Å²) in [5, 5.41) is 3.15. The predicted octanol–water partition coefficient (Wildman–Crippen LogP) is 3.03. The first-order valence-corrected chi connectivity index (χ1v) is 9.86. The number of methoxy groups -OCH3 is 1. The summed E-state index contributed by atoms with van der Waals surface area (Å²) >= 11 is 0. The average molecular weight is 365 g/mol. The second-order valence-electron chi connectivity index (χ2n) is 7.44. The zero-order chi connectivity index (χ0) is 18.6. The highest BCUT2D eigenvalue weighted by Gasteiger charge is 2.30. The number of rotatable bonds is 6. The minimum atomic E-state index is -0.276. The van der Waals surface area contributed by atoms with Crippen molar-refractivity contribution in [3.05, 3.63) is 58.9 Å². The van der Waals surface area contributed by atoms with Crippen LogP contribution in [0.15, 0.2) is 36.7 Å². The van der Waals surface area contributed by atoms with Crippen molar-refractivity contribution < 1.29 is 9.53 Å². The molecule has 1 aromatic carbocycles. The summed E-state index contributed by atoms with van der Waals surface area (Å²) in [4.78, 5) is 19.6. The maximum absolute atomic E-state index is 13.1. The first-order valence-electron chi connectivity index (χ1n) is 9.86. The molecule has 2 heterocycles. The fraction of sp³-hybridized carbons (Fsp3) is 0.455. The number of benzene rings is 1. The molecule has 1 fully saturated rings. The van der Waals surface area contributed by atoms with E-state index in [-0.39, 0.29) is 11.9 Å². The summed E-state index contributed by atoms with van der Waals surface area (Å²) in [6.07, 6.45) is 9.27. The number of aromatic nitrogens is 1. The van der Waals surface area contributed by atoms with Crippen LogP contribution in [0.4, 0.5) is 0 Å². The number of pyridine rings is 1. The molecule has 0 saturated carbocycles. The lowest BCUT2D eigenvalue weighted by atomic mass is 10.0. The van der Waals surface area contributed by atoms with Crippen molar-refractivity contribution in [3.63, 3.8) is 0 Å². The van der Waals surface area contributed by atoms with Crippen molar-refractivity contribution in [2.75, 3.05) is 20.2 Å². The molecule has 0 spiro atoms. The molecule has 2 aromatic rings. The van der Waals surface area contributed by atoms with E-state index in [0.717, 1.165) is 55.6 Å². The Morgan fingerprint density at radius 2 is 2.00 bits per heavy atom. The summed E-state index contributed by atoms with van der Waals surface area (Å²) < 4.78 is 5.58. The highest BCUT2D eigenvalue weighted by Crippen LogP contribution is 2.30. The molecule has 5 heteroatoms.